The molecule has 1 N–H and O–H groups in total. The molecule has 1 aromatic rings. The molecule has 86 valence electrons. The Labute approximate surface area is 90.1 Å². The van der Waals surface area contributed by atoms with Crippen LogP contribution in [-0.4, -0.2) is 39.8 Å². The van der Waals surface area contributed by atoms with Gasteiger partial charge in [0.25, 0.3) is 5.89 Å². The molecule has 0 bridgehead atoms. The summed E-state index contributed by atoms with van der Waals surface area (Å²) < 4.78 is 4.90. The minimum absolute atomic E-state index is 0.296. The molecule has 0 aliphatic rings. The fraction of sp³-hybridized carbons (Fsp3) is 0.800. The van der Waals surface area contributed by atoms with Crippen molar-refractivity contribution in [1.29, 1.82) is 0 Å². The van der Waals surface area contributed by atoms with E-state index in [1.54, 1.807) is 6.92 Å². The van der Waals surface area contributed by atoms with Crippen LogP contribution in [0.25, 0.3) is 0 Å². The fourth-order valence-corrected chi connectivity index (χ4v) is 1.34. The Kier molecular flexibility index (Phi) is 4.71. The maximum absolute atomic E-state index is 9.20. The molecule has 0 radical (unpaired) electrons. The summed E-state index contributed by atoms with van der Waals surface area (Å²) in [6, 6.07) is 0. The largest absolute Gasteiger partial charge is 0.384 e. The average molecular weight is 213 g/mol. The fourth-order valence-electron chi connectivity index (χ4n) is 1.34. The molecule has 0 spiro atoms. The van der Waals surface area contributed by atoms with Crippen LogP contribution in [0.1, 0.15) is 38.6 Å². The molecule has 1 rings (SSSR count). The van der Waals surface area contributed by atoms with Crippen LogP contribution in [-0.2, 0) is 6.42 Å². The lowest BCUT2D eigenvalue weighted by atomic mass is 10.3. The first-order valence-corrected chi connectivity index (χ1v) is 5.40. The SMILES string of the molecule is CCN(CC)CCc1noc(C(C)O)n1. The second-order valence-electron chi connectivity index (χ2n) is 3.50. The molecular formula is C10H19N3O2. The number of likely N-dealkylation sites (N-methyl/N-ethyl adjacent to an activating group) is 1. The van der Waals surface area contributed by atoms with Gasteiger partial charge in [-0.3, -0.25) is 0 Å². The van der Waals surface area contributed by atoms with Gasteiger partial charge in [-0.25, -0.2) is 0 Å². The number of nitrogens with zero attached hydrogens (tertiary/aromatic N) is 3. The van der Waals surface area contributed by atoms with Crippen molar-refractivity contribution in [3.8, 4) is 0 Å². The molecule has 1 atom stereocenters. The van der Waals surface area contributed by atoms with Gasteiger partial charge < -0.3 is 14.5 Å². The van der Waals surface area contributed by atoms with E-state index in [4.69, 9.17) is 4.52 Å². The van der Waals surface area contributed by atoms with Crippen LogP contribution < -0.4 is 0 Å². The van der Waals surface area contributed by atoms with Gasteiger partial charge in [0, 0.05) is 13.0 Å². The first-order chi connectivity index (χ1) is 7.17. The number of hydrogen-bond donors (Lipinski definition) is 1. The molecule has 15 heavy (non-hydrogen) atoms. The highest BCUT2D eigenvalue weighted by molar-refractivity contribution is 4.89. The summed E-state index contributed by atoms with van der Waals surface area (Å²) in [5.74, 6) is 0.961. The second-order valence-corrected chi connectivity index (χ2v) is 3.50. The number of hydrogen-bond acceptors (Lipinski definition) is 5. The van der Waals surface area contributed by atoms with Crippen molar-refractivity contribution >= 4 is 0 Å². The maximum atomic E-state index is 9.20. The van der Waals surface area contributed by atoms with Gasteiger partial charge in [0.05, 0.1) is 0 Å². The van der Waals surface area contributed by atoms with Crippen molar-refractivity contribution in [3.63, 3.8) is 0 Å². The van der Waals surface area contributed by atoms with Crippen LogP contribution in [0.4, 0.5) is 0 Å². The molecule has 0 aliphatic carbocycles. The molecule has 0 aromatic carbocycles. The third-order valence-electron chi connectivity index (χ3n) is 2.39. The Bertz CT molecular complexity index is 282. The highest BCUT2D eigenvalue weighted by Crippen LogP contribution is 2.08. The predicted molar refractivity (Wildman–Crippen MR) is 56.4 cm³/mol. The summed E-state index contributed by atoms with van der Waals surface area (Å²) in [4.78, 5) is 6.39. The van der Waals surface area contributed by atoms with E-state index in [1.165, 1.54) is 0 Å². The van der Waals surface area contributed by atoms with Gasteiger partial charge in [-0.15, -0.1) is 0 Å². The number of aliphatic hydroxyl groups excluding tert-OH is 1. The van der Waals surface area contributed by atoms with E-state index in [0.717, 1.165) is 26.1 Å². The lowest BCUT2D eigenvalue weighted by Gasteiger charge is -2.16. The molecule has 1 aromatic heterocycles. The third kappa shape index (κ3) is 3.60. The van der Waals surface area contributed by atoms with Crippen molar-refractivity contribution in [2.45, 2.75) is 33.3 Å². The number of aromatic nitrogens is 2. The average Bonchev–Trinajstić information content (AvgIpc) is 2.68. The zero-order chi connectivity index (χ0) is 11.3. The van der Waals surface area contributed by atoms with E-state index in [2.05, 4.69) is 28.9 Å². The monoisotopic (exact) mass is 213 g/mol. The Morgan fingerprint density at radius 3 is 2.53 bits per heavy atom. The molecule has 5 nitrogen and oxygen atoms in total. The summed E-state index contributed by atoms with van der Waals surface area (Å²) >= 11 is 0. The number of aliphatic hydroxyl groups is 1. The van der Waals surface area contributed by atoms with Gasteiger partial charge >= 0.3 is 0 Å². The van der Waals surface area contributed by atoms with E-state index < -0.39 is 6.10 Å². The summed E-state index contributed by atoms with van der Waals surface area (Å²) in [5, 5.41) is 13.0. The van der Waals surface area contributed by atoms with Crippen LogP contribution in [0.2, 0.25) is 0 Å². The smallest absolute Gasteiger partial charge is 0.255 e. The van der Waals surface area contributed by atoms with Crippen molar-refractivity contribution in [2.24, 2.45) is 0 Å². The minimum Gasteiger partial charge on any atom is -0.384 e. The zero-order valence-corrected chi connectivity index (χ0v) is 9.60. The molecule has 0 amide bonds. The topological polar surface area (TPSA) is 62.4 Å². The zero-order valence-electron chi connectivity index (χ0n) is 9.60. The third-order valence-corrected chi connectivity index (χ3v) is 2.39. The van der Waals surface area contributed by atoms with Gasteiger partial charge in [-0.1, -0.05) is 19.0 Å². The highest BCUT2D eigenvalue weighted by atomic mass is 16.5. The molecular weight excluding hydrogens is 194 g/mol. The molecule has 0 fully saturated rings. The van der Waals surface area contributed by atoms with Crippen LogP contribution in [0.3, 0.4) is 0 Å². The molecule has 5 heteroatoms. The normalized spacial score (nSPS) is 13.4. The quantitative estimate of drug-likeness (QED) is 0.764. The second kappa shape index (κ2) is 5.82. The molecule has 0 saturated heterocycles. The van der Waals surface area contributed by atoms with Crippen molar-refractivity contribution in [3.05, 3.63) is 11.7 Å². The Balaban J connectivity index is 2.43. The van der Waals surface area contributed by atoms with E-state index >= 15 is 0 Å². The summed E-state index contributed by atoms with van der Waals surface area (Å²) in [6.45, 7) is 8.84. The molecule has 0 saturated carbocycles. The Morgan fingerprint density at radius 1 is 1.40 bits per heavy atom. The van der Waals surface area contributed by atoms with E-state index in [0.29, 0.717) is 11.7 Å². The summed E-state index contributed by atoms with van der Waals surface area (Å²) in [5.41, 5.74) is 0. The van der Waals surface area contributed by atoms with Crippen LogP contribution in [0.15, 0.2) is 4.52 Å². The molecule has 1 heterocycles. The van der Waals surface area contributed by atoms with E-state index in [9.17, 15) is 5.11 Å². The standard InChI is InChI=1S/C10H19N3O2/c1-4-13(5-2)7-6-9-11-10(8(3)14)15-12-9/h8,14H,4-7H2,1-3H3. The summed E-state index contributed by atoms with van der Waals surface area (Å²) in [6.07, 6.45) is 0.0810. The van der Waals surface area contributed by atoms with Crippen molar-refractivity contribution < 1.29 is 9.63 Å². The lowest BCUT2D eigenvalue weighted by Crippen LogP contribution is -2.25. The highest BCUT2D eigenvalue weighted by Gasteiger charge is 2.11. The van der Waals surface area contributed by atoms with Gasteiger partial charge in [-0.05, 0) is 20.0 Å². The molecule has 1 unspecified atom stereocenters. The van der Waals surface area contributed by atoms with E-state index in [-0.39, 0.29) is 0 Å². The van der Waals surface area contributed by atoms with Gasteiger partial charge in [0.2, 0.25) is 0 Å². The van der Waals surface area contributed by atoms with Gasteiger partial charge in [0.1, 0.15) is 6.10 Å². The van der Waals surface area contributed by atoms with Crippen LogP contribution >= 0.6 is 0 Å². The van der Waals surface area contributed by atoms with Gasteiger partial charge in [-0.2, -0.15) is 4.98 Å². The van der Waals surface area contributed by atoms with Crippen LogP contribution in [0.5, 0.6) is 0 Å². The maximum Gasteiger partial charge on any atom is 0.255 e. The first-order valence-electron chi connectivity index (χ1n) is 5.40. The lowest BCUT2D eigenvalue weighted by molar-refractivity contribution is 0.151. The van der Waals surface area contributed by atoms with Crippen molar-refractivity contribution in [2.75, 3.05) is 19.6 Å². The van der Waals surface area contributed by atoms with Gasteiger partial charge in [0.15, 0.2) is 5.82 Å². The van der Waals surface area contributed by atoms with Crippen LogP contribution in [0, 0.1) is 0 Å². The Hall–Kier alpha value is -0.940. The number of rotatable bonds is 6. The Morgan fingerprint density at radius 2 is 2.07 bits per heavy atom. The summed E-state index contributed by atoms with van der Waals surface area (Å²) in [7, 11) is 0. The predicted octanol–water partition coefficient (Wildman–Crippen LogP) is 1.01. The molecule has 0 aliphatic heterocycles. The first kappa shape index (κ1) is 12.1. The van der Waals surface area contributed by atoms with Crippen molar-refractivity contribution in [1.82, 2.24) is 15.0 Å². The minimum atomic E-state index is -0.681. The van der Waals surface area contributed by atoms with E-state index in [1.807, 2.05) is 0 Å².